The van der Waals surface area contributed by atoms with Gasteiger partial charge in [-0.1, -0.05) is 12.1 Å². The first-order chi connectivity index (χ1) is 14.0. The first-order valence-electron chi connectivity index (χ1n) is 8.48. The van der Waals surface area contributed by atoms with E-state index in [1.165, 1.54) is 19.1 Å². The van der Waals surface area contributed by atoms with Gasteiger partial charge < -0.3 is 9.15 Å². The molecule has 0 saturated heterocycles. The Morgan fingerprint density at radius 1 is 1.13 bits per heavy atom. The quantitative estimate of drug-likeness (QED) is 0.294. The van der Waals surface area contributed by atoms with Crippen molar-refractivity contribution in [3.8, 4) is 17.1 Å². The van der Waals surface area contributed by atoms with Crippen LogP contribution in [0.1, 0.15) is 41.8 Å². The van der Waals surface area contributed by atoms with E-state index in [0.29, 0.717) is 5.56 Å². The summed E-state index contributed by atoms with van der Waals surface area (Å²) in [6.45, 7) is 2.50. The van der Waals surface area contributed by atoms with Crippen LogP contribution < -0.4 is 4.74 Å². The first-order valence-corrected chi connectivity index (χ1v) is 9.27. The van der Waals surface area contributed by atoms with Gasteiger partial charge in [0.15, 0.2) is 33.8 Å². The van der Waals surface area contributed by atoms with Gasteiger partial charge in [-0.3, -0.25) is 4.79 Å². The van der Waals surface area contributed by atoms with E-state index >= 15 is 0 Å². The molecule has 0 spiro atoms. The molecule has 2 aromatic carbocycles. The second-order valence-electron chi connectivity index (χ2n) is 6.30. The molecule has 0 bridgehead atoms. The third-order valence-corrected chi connectivity index (χ3v) is 4.67. The Hall–Kier alpha value is -2.75. The Morgan fingerprint density at radius 2 is 1.77 bits per heavy atom. The largest absolute Gasteiger partial charge is 0.478 e. The molecule has 0 aliphatic heterocycles. The van der Waals surface area contributed by atoms with Gasteiger partial charge in [0.25, 0.3) is 0 Å². The molecule has 0 fully saturated rings. The minimum absolute atomic E-state index is 0.00938. The molecule has 30 heavy (non-hydrogen) atoms. The van der Waals surface area contributed by atoms with E-state index in [-0.39, 0.29) is 22.0 Å². The zero-order valence-corrected chi connectivity index (χ0v) is 17.1. The molecule has 0 aliphatic carbocycles. The predicted molar refractivity (Wildman–Crippen MR) is 100 cm³/mol. The summed E-state index contributed by atoms with van der Waals surface area (Å²) in [7, 11) is 0. The highest BCUT2D eigenvalue weighted by Gasteiger charge is 2.30. The Balaban J connectivity index is 1.87. The number of Topliss-reactive ketones (excluding diaryl/α,β-unsaturated/α-hetero) is 1. The van der Waals surface area contributed by atoms with Crippen LogP contribution in [-0.2, 0) is 6.18 Å². The fraction of sp³-hybridized carbons (Fsp3) is 0.200. The van der Waals surface area contributed by atoms with Crippen LogP contribution in [0.15, 0.2) is 45.4 Å². The summed E-state index contributed by atoms with van der Waals surface area (Å²) in [5.41, 5.74) is -1.21. The first kappa shape index (κ1) is 21.9. The number of hydrogen-bond acceptors (Lipinski definition) is 4. The van der Waals surface area contributed by atoms with Crippen molar-refractivity contribution in [2.24, 2.45) is 0 Å². The van der Waals surface area contributed by atoms with Crippen molar-refractivity contribution in [3.63, 3.8) is 0 Å². The number of rotatable bonds is 5. The van der Waals surface area contributed by atoms with Crippen molar-refractivity contribution < 1.29 is 35.9 Å². The number of nitrogens with zero attached hydrogens (tertiary/aromatic N) is 1. The predicted octanol–water partition coefficient (Wildman–Crippen LogP) is 6.74. The molecule has 1 unspecified atom stereocenters. The minimum Gasteiger partial charge on any atom is -0.478 e. The summed E-state index contributed by atoms with van der Waals surface area (Å²) in [6, 6.07) is 6.19. The highest BCUT2D eigenvalue weighted by Crippen LogP contribution is 2.35. The van der Waals surface area contributed by atoms with Crippen LogP contribution in [0.25, 0.3) is 11.3 Å². The zero-order chi connectivity index (χ0) is 22.2. The van der Waals surface area contributed by atoms with Crippen LogP contribution in [0.4, 0.5) is 22.0 Å². The van der Waals surface area contributed by atoms with Gasteiger partial charge in [0.05, 0.1) is 11.1 Å². The molecule has 158 valence electrons. The number of hydrogen-bond donors (Lipinski definition) is 0. The average molecular weight is 490 g/mol. The molecule has 1 heterocycles. The summed E-state index contributed by atoms with van der Waals surface area (Å²) < 4.78 is 77.4. The molecule has 0 N–H and O–H groups in total. The van der Waals surface area contributed by atoms with Crippen LogP contribution >= 0.6 is 15.9 Å². The SMILES string of the molecule is CC(=O)c1c(F)ccc(OC(C)c2nc(Br)c(-c3ccc(C(F)(F)F)cc3)o2)c1F. The summed E-state index contributed by atoms with van der Waals surface area (Å²) >= 11 is 3.17. The molecule has 10 heteroatoms. The van der Waals surface area contributed by atoms with Crippen LogP contribution in [0, 0.1) is 11.6 Å². The Kier molecular flexibility index (Phi) is 5.98. The second kappa shape index (κ2) is 8.17. The lowest BCUT2D eigenvalue weighted by molar-refractivity contribution is -0.137. The third-order valence-electron chi connectivity index (χ3n) is 4.14. The summed E-state index contributed by atoms with van der Waals surface area (Å²) in [5.74, 6) is -3.19. The van der Waals surface area contributed by atoms with E-state index in [2.05, 4.69) is 20.9 Å². The lowest BCUT2D eigenvalue weighted by Crippen LogP contribution is -2.08. The maximum atomic E-state index is 14.4. The third kappa shape index (κ3) is 4.38. The number of carbonyl (C=O) groups is 1. The van der Waals surface area contributed by atoms with Gasteiger partial charge in [-0.2, -0.15) is 13.2 Å². The van der Waals surface area contributed by atoms with Gasteiger partial charge >= 0.3 is 6.18 Å². The zero-order valence-electron chi connectivity index (χ0n) is 15.5. The highest BCUT2D eigenvalue weighted by molar-refractivity contribution is 9.10. The van der Waals surface area contributed by atoms with E-state index in [9.17, 15) is 26.7 Å². The second-order valence-corrected chi connectivity index (χ2v) is 7.05. The van der Waals surface area contributed by atoms with E-state index < -0.39 is 40.8 Å². The van der Waals surface area contributed by atoms with Crippen molar-refractivity contribution in [2.75, 3.05) is 0 Å². The highest BCUT2D eigenvalue weighted by atomic mass is 79.9. The van der Waals surface area contributed by atoms with Crippen molar-refractivity contribution in [2.45, 2.75) is 26.1 Å². The van der Waals surface area contributed by atoms with E-state index in [0.717, 1.165) is 31.2 Å². The molecular weight excluding hydrogens is 477 g/mol. The number of aromatic nitrogens is 1. The number of carbonyl (C=O) groups excluding carboxylic acids is 1. The van der Waals surface area contributed by atoms with E-state index in [1.807, 2.05) is 0 Å². The topological polar surface area (TPSA) is 52.3 Å². The molecule has 0 saturated carbocycles. The van der Waals surface area contributed by atoms with E-state index in [1.54, 1.807) is 0 Å². The van der Waals surface area contributed by atoms with Gasteiger partial charge in [0.2, 0.25) is 5.89 Å². The van der Waals surface area contributed by atoms with Crippen molar-refractivity contribution in [1.82, 2.24) is 4.98 Å². The van der Waals surface area contributed by atoms with Crippen LogP contribution in [-0.4, -0.2) is 10.8 Å². The molecule has 3 aromatic rings. The van der Waals surface area contributed by atoms with E-state index in [4.69, 9.17) is 9.15 Å². The van der Waals surface area contributed by atoms with Gasteiger partial charge in [0, 0.05) is 5.56 Å². The van der Waals surface area contributed by atoms with Crippen molar-refractivity contribution in [1.29, 1.82) is 0 Å². The molecule has 0 radical (unpaired) electrons. The molecule has 1 atom stereocenters. The van der Waals surface area contributed by atoms with Gasteiger partial charge in [0.1, 0.15) is 5.82 Å². The monoisotopic (exact) mass is 489 g/mol. The normalized spacial score (nSPS) is 12.7. The number of ketones is 1. The average Bonchev–Trinajstić information content (AvgIpc) is 3.05. The summed E-state index contributed by atoms with van der Waals surface area (Å²) in [4.78, 5) is 15.5. The van der Waals surface area contributed by atoms with Crippen LogP contribution in [0.2, 0.25) is 0 Å². The number of ether oxygens (including phenoxy) is 1. The smallest absolute Gasteiger partial charge is 0.416 e. The lowest BCUT2D eigenvalue weighted by atomic mass is 10.1. The number of oxazole rings is 1. The van der Waals surface area contributed by atoms with Crippen LogP contribution in [0.5, 0.6) is 5.75 Å². The molecule has 0 aliphatic rings. The molecule has 1 aromatic heterocycles. The van der Waals surface area contributed by atoms with Crippen LogP contribution in [0.3, 0.4) is 0 Å². The minimum atomic E-state index is -4.47. The number of halogens is 6. The van der Waals surface area contributed by atoms with Crippen molar-refractivity contribution in [3.05, 3.63) is 69.7 Å². The van der Waals surface area contributed by atoms with Crippen molar-refractivity contribution >= 4 is 21.7 Å². The fourth-order valence-electron chi connectivity index (χ4n) is 2.67. The van der Waals surface area contributed by atoms with Gasteiger partial charge in [-0.05, 0) is 54.0 Å². The molecular formula is C20H13BrF5NO3. The molecule has 4 nitrogen and oxygen atoms in total. The van der Waals surface area contributed by atoms with Gasteiger partial charge in [-0.15, -0.1) is 0 Å². The fourth-order valence-corrected chi connectivity index (χ4v) is 3.15. The number of benzene rings is 2. The Morgan fingerprint density at radius 3 is 2.33 bits per heavy atom. The molecule has 0 amide bonds. The lowest BCUT2D eigenvalue weighted by Gasteiger charge is -2.13. The Labute approximate surface area is 175 Å². The number of alkyl halides is 3. The molecule has 3 rings (SSSR count). The summed E-state index contributed by atoms with van der Waals surface area (Å²) in [6.07, 6.45) is -5.42. The standard InChI is InChI=1S/C20H13BrF5NO3/c1-9(28)15-13(22)7-8-14(16(15)23)29-10(2)19-27-18(21)17(30-19)11-3-5-12(6-4-11)20(24,25)26/h3-8,10H,1-2H3. The Bertz CT molecular complexity index is 1090. The maximum absolute atomic E-state index is 14.4. The van der Waals surface area contributed by atoms with Gasteiger partial charge in [-0.25, -0.2) is 13.8 Å². The maximum Gasteiger partial charge on any atom is 0.416 e. The summed E-state index contributed by atoms with van der Waals surface area (Å²) in [5, 5.41) is 0.